The van der Waals surface area contributed by atoms with E-state index in [-0.39, 0.29) is 0 Å². The van der Waals surface area contributed by atoms with E-state index in [4.69, 9.17) is 0 Å². The molecule has 0 bridgehead atoms. The lowest BCUT2D eigenvalue weighted by atomic mass is 9.53. The quantitative estimate of drug-likeness (QED) is 0.543. The molecule has 0 aromatic rings. The van der Waals surface area contributed by atoms with E-state index in [9.17, 15) is 0 Å². The van der Waals surface area contributed by atoms with Crippen LogP contribution >= 0.6 is 0 Å². The SMILES string of the molecule is CCCC(C)C(C)(C(C)C)C(C)(C)CC. The molecule has 0 fully saturated rings. The minimum Gasteiger partial charge on any atom is -0.0654 e. The van der Waals surface area contributed by atoms with Crippen LogP contribution in [0.2, 0.25) is 0 Å². The van der Waals surface area contributed by atoms with Gasteiger partial charge in [0.25, 0.3) is 0 Å². The Hall–Kier alpha value is 0. The van der Waals surface area contributed by atoms with E-state index in [1.807, 2.05) is 0 Å². The van der Waals surface area contributed by atoms with Crippen LogP contribution in [-0.2, 0) is 0 Å². The highest BCUT2D eigenvalue weighted by Crippen LogP contribution is 2.53. The summed E-state index contributed by atoms with van der Waals surface area (Å²) in [7, 11) is 0. The minimum atomic E-state index is 0.440. The molecule has 0 aliphatic carbocycles. The third-order valence-corrected chi connectivity index (χ3v) is 5.29. The van der Waals surface area contributed by atoms with Crippen LogP contribution in [0.15, 0.2) is 0 Å². The first-order valence-electron chi connectivity index (χ1n) is 6.74. The fourth-order valence-electron chi connectivity index (χ4n) is 3.13. The smallest absolute Gasteiger partial charge is 0.0226 e. The topological polar surface area (TPSA) is 0 Å². The Morgan fingerprint density at radius 2 is 1.40 bits per heavy atom. The molecule has 0 spiro atoms. The van der Waals surface area contributed by atoms with Crippen molar-refractivity contribution in [3.05, 3.63) is 0 Å². The van der Waals surface area contributed by atoms with E-state index in [1.54, 1.807) is 0 Å². The zero-order valence-corrected chi connectivity index (χ0v) is 12.3. The molecule has 0 saturated heterocycles. The van der Waals surface area contributed by atoms with Crippen molar-refractivity contribution in [2.45, 2.75) is 74.7 Å². The molecule has 2 atom stereocenters. The third kappa shape index (κ3) is 2.77. The van der Waals surface area contributed by atoms with Gasteiger partial charge in [0, 0.05) is 0 Å². The Bertz CT molecular complexity index is 178. The summed E-state index contributed by atoms with van der Waals surface area (Å²) < 4.78 is 0. The molecule has 0 aromatic carbocycles. The van der Waals surface area contributed by atoms with Crippen molar-refractivity contribution < 1.29 is 0 Å². The first-order chi connectivity index (χ1) is 6.74. The van der Waals surface area contributed by atoms with E-state index in [2.05, 4.69) is 55.4 Å². The molecule has 15 heavy (non-hydrogen) atoms. The fraction of sp³-hybridized carbons (Fsp3) is 1.00. The first kappa shape index (κ1) is 15.0. The Balaban J connectivity index is 5.05. The summed E-state index contributed by atoms with van der Waals surface area (Å²) in [6, 6.07) is 0. The highest BCUT2D eigenvalue weighted by atomic mass is 14.5. The second-order valence-corrected chi connectivity index (χ2v) is 6.36. The Morgan fingerprint density at radius 3 is 1.67 bits per heavy atom. The van der Waals surface area contributed by atoms with Crippen molar-refractivity contribution in [1.82, 2.24) is 0 Å². The van der Waals surface area contributed by atoms with Gasteiger partial charge in [-0.15, -0.1) is 0 Å². The zero-order chi connectivity index (χ0) is 12.3. The maximum Gasteiger partial charge on any atom is -0.0226 e. The molecule has 0 saturated carbocycles. The molecular formula is C15H32. The van der Waals surface area contributed by atoms with Crippen LogP contribution < -0.4 is 0 Å². The highest BCUT2D eigenvalue weighted by Gasteiger charge is 2.45. The largest absolute Gasteiger partial charge is 0.0654 e. The van der Waals surface area contributed by atoms with Crippen molar-refractivity contribution in [2.75, 3.05) is 0 Å². The summed E-state index contributed by atoms with van der Waals surface area (Å²) in [6.45, 7) is 19.3. The van der Waals surface area contributed by atoms with Crippen molar-refractivity contribution in [2.24, 2.45) is 22.7 Å². The molecule has 0 aliphatic heterocycles. The van der Waals surface area contributed by atoms with E-state index >= 15 is 0 Å². The molecule has 0 heterocycles. The molecule has 0 amide bonds. The van der Waals surface area contributed by atoms with Gasteiger partial charge in [0.05, 0.1) is 0 Å². The van der Waals surface area contributed by atoms with Gasteiger partial charge in [0.2, 0.25) is 0 Å². The normalized spacial score (nSPS) is 19.0. The minimum absolute atomic E-state index is 0.440. The van der Waals surface area contributed by atoms with Gasteiger partial charge in [-0.3, -0.25) is 0 Å². The summed E-state index contributed by atoms with van der Waals surface area (Å²) in [5, 5.41) is 0. The molecule has 0 N–H and O–H groups in total. The molecule has 0 heteroatoms. The lowest BCUT2D eigenvalue weighted by molar-refractivity contribution is -0.0254. The first-order valence-corrected chi connectivity index (χ1v) is 6.74. The van der Waals surface area contributed by atoms with Crippen LogP contribution in [0.25, 0.3) is 0 Å². The Kier molecular flexibility index (Phi) is 5.37. The molecular weight excluding hydrogens is 180 g/mol. The van der Waals surface area contributed by atoms with E-state index < -0.39 is 0 Å². The molecule has 0 radical (unpaired) electrons. The van der Waals surface area contributed by atoms with Gasteiger partial charge in [-0.05, 0) is 22.7 Å². The second kappa shape index (κ2) is 5.37. The van der Waals surface area contributed by atoms with Crippen LogP contribution in [-0.4, -0.2) is 0 Å². The maximum absolute atomic E-state index is 2.50. The molecule has 0 aliphatic rings. The van der Waals surface area contributed by atoms with E-state index in [0.717, 1.165) is 11.8 Å². The van der Waals surface area contributed by atoms with Gasteiger partial charge in [-0.2, -0.15) is 0 Å². The molecule has 2 unspecified atom stereocenters. The van der Waals surface area contributed by atoms with Gasteiger partial charge in [0.15, 0.2) is 0 Å². The van der Waals surface area contributed by atoms with Crippen LogP contribution in [0, 0.1) is 22.7 Å². The summed E-state index contributed by atoms with van der Waals surface area (Å²) >= 11 is 0. The van der Waals surface area contributed by atoms with Crippen molar-refractivity contribution >= 4 is 0 Å². The fourth-order valence-corrected chi connectivity index (χ4v) is 3.13. The predicted molar refractivity (Wildman–Crippen MR) is 71.1 cm³/mol. The molecule has 0 nitrogen and oxygen atoms in total. The average Bonchev–Trinajstić information content (AvgIpc) is 2.16. The van der Waals surface area contributed by atoms with Gasteiger partial charge in [-0.1, -0.05) is 74.7 Å². The van der Waals surface area contributed by atoms with E-state index in [0.29, 0.717) is 10.8 Å². The lowest BCUT2D eigenvalue weighted by Gasteiger charge is -2.51. The van der Waals surface area contributed by atoms with Gasteiger partial charge >= 0.3 is 0 Å². The average molecular weight is 212 g/mol. The molecule has 92 valence electrons. The Labute approximate surface area is 97.8 Å². The number of hydrogen-bond donors (Lipinski definition) is 0. The van der Waals surface area contributed by atoms with Gasteiger partial charge in [0.1, 0.15) is 0 Å². The highest BCUT2D eigenvalue weighted by molar-refractivity contribution is 4.94. The van der Waals surface area contributed by atoms with Crippen LogP contribution in [0.3, 0.4) is 0 Å². The molecule has 0 aromatic heterocycles. The van der Waals surface area contributed by atoms with Gasteiger partial charge in [-0.25, -0.2) is 0 Å². The van der Waals surface area contributed by atoms with Crippen molar-refractivity contribution in [3.63, 3.8) is 0 Å². The summed E-state index contributed by atoms with van der Waals surface area (Å²) in [5.74, 6) is 1.58. The van der Waals surface area contributed by atoms with Crippen LogP contribution in [0.4, 0.5) is 0 Å². The summed E-state index contributed by atoms with van der Waals surface area (Å²) in [4.78, 5) is 0. The monoisotopic (exact) mass is 212 g/mol. The standard InChI is InChI=1S/C15H32/c1-9-11-13(5)15(8,12(3)4)14(6,7)10-2/h12-13H,9-11H2,1-8H3. The summed E-state index contributed by atoms with van der Waals surface area (Å²) in [5.41, 5.74) is 0.896. The Morgan fingerprint density at radius 1 is 0.933 bits per heavy atom. The van der Waals surface area contributed by atoms with Crippen LogP contribution in [0.5, 0.6) is 0 Å². The second-order valence-electron chi connectivity index (χ2n) is 6.36. The predicted octanol–water partition coefficient (Wildman–Crippen LogP) is 5.52. The zero-order valence-electron chi connectivity index (χ0n) is 12.3. The maximum atomic E-state index is 2.50. The number of rotatable bonds is 6. The summed E-state index contributed by atoms with van der Waals surface area (Å²) in [6.07, 6.45) is 3.94. The van der Waals surface area contributed by atoms with Crippen LogP contribution in [0.1, 0.15) is 74.7 Å². The van der Waals surface area contributed by atoms with Crippen molar-refractivity contribution in [1.29, 1.82) is 0 Å². The third-order valence-electron chi connectivity index (χ3n) is 5.29. The molecule has 0 rings (SSSR count). The lowest BCUT2D eigenvalue weighted by Crippen LogP contribution is -2.44. The number of hydrogen-bond acceptors (Lipinski definition) is 0. The van der Waals surface area contributed by atoms with Crippen molar-refractivity contribution in [3.8, 4) is 0 Å². The van der Waals surface area contributed by atoms with Gasteiger partial charge < -0.3 is 0 Å². The van der Waals surface area contributed by atoms with E-state index in [1.165, 1.54) is 19.3 Å².